The van der Waals surface area contributed by atoms with Crippen molar-refractivity contribution < 1.29 is 4.79 Å². The molecular formula is C24H27N7OS. The van der Waals surface area contributed by atoms with Crippen molar-refractivity contribution in [2.24, 2.45) is 0 Å². The normalized spacial score (nSPS) is 14.6. The third kappa shape index (κ3) is 4.73. The molecule has 0 aliphatic heterocycles. The van der Waals surface area contributed by atoms with Crippen LogP contribution < -0.4 is 10.6 Å². The molecule has 1 aromatic carbocycles. The Morgan fingerprint density at radius 2 is 1.97 bits per heavy atom. The standard InChI is InChI=1S/C24H27N7OS/c1-15(2)23-28-29-24(33-23)16-7-6-10-18(13-16)27-22(32)19-14-25-21-12-11-20(30-31(19)21)26-17-8-4-3-5-9-17/h6-7,10-15,17H,3-5,8-9H2,1-2H3,(H,26,30)(H,27,32). The Bertz CT molecular complexity index is 1270. The average molecular weight is 462 g/mol. The summed E-state index contributed by atoms with van der Waals surface area (Å²) in [5.41, 5.74) is 2.64. The zero-order chi connectivity index (χ0) is 22.8. The van der Waals surface area contributed by atoms with E-state index < -0.39 is 0 Å². The number of carbonyl (C=O) groups is 1. The lowest BCUT2D eigenvalue weighted by Crippen LogP contribution is -2.23. The number of fused-ring (bicyclic) bond motifs is 1. The Balaban J connectivity index is 1.35. The van der Waals surface area contributed by atoms with E-state index in [1.165, 1.54) is 19.3 Å². The fourth-order valence-electron chi connectivity index (χ4n) is 4.07. The molecule has 0 spiro atoms. The van der Waals surface area contributed by atoms with Gasteiger partial charge in [0.25, 0.3) is 5.91 Å². The highest BCUT2D eigenvalue weighted by Gasteiger charge is 2.17. The fraction of sp³-hybridized carbons (Fsp3) is 0.375. The smallest absolute Gasteiger partial charge is 0.276 e. The molecule has 1 aliphatic rings. The molecule has 170 valence electrons. The third-order valence-electron chi connectivity index (χ3n) is 5.85. The van der Waals surface area contributed by atoms with E-state index in [2.05, 4.69) is 44.8 Å². The molecule has 0 bridgehead atoms. The first-order valence-corrected chi connectivity index (χ1v) is 12.2. The van der Waals surface area contributed by atoms with Crippen LogP contribution in [0.5, 0.6) is 0 Å². The summed E-state index contributed by atoms with van der Waals surface area (Å²) in [5.74, 6) is 0.835. The summed E-state index contributed by atoms with van der Waals surface area (Å²) in [6, 6.07) is 11.9. The zero-order valence-electron chi connectivity index (χ0n) is 18.8. The van der Waals surface area contributed by atoms with Crippen LogP contribution in [0.1, 0.15) is 67.4 Å². The first-order chi connectivity index (χ1) is 16.1. The maximum absolute atomic E-state index is 13.1. The van der Waals surface area contributed by atoms with Gasteiger partial charge in [-0.2, -0.15) is 0 Å². The molecule has 2 N–H and O–H groups in total. The van der Waals surface area contributed by atoms with E-state index in [0.717, 1.165) is 34.2 Å². The fourth-order valence-corrected chi connectivity index (χ4v) is 4.91. The van der Waals surface area contributed by atoms with Crippen molar-refractivity contribution in [3.8, 4) is 10.6 Å². The second kappa shape index (κ2) is 9.27. The van der Waals surface area contributed by atoms with Gasteiger partial charge >= 0.3 is 0 Å². The first kappa shape index (κ1) is 21.5. The number of nitrogens with zero attached hydrogens (tertiary/aromatic N) is 5. The lowest BCUT2D eigenvalue weighted by Gasteiger charge is -2.23. The van der Waals surface area contributed by atoms with Gasteiger partial charge in [0.15, 0.2) is 11.3 Å². The van der Waals surface area contributed by atoms with Crippen molar-refractivity contribution in [3.05, 3.63) is 53.3 Å². The van der Waals surface area contributed by atoms with Gasteiger partial charge in [-0.1, -0.05) is 56.6 Å². The number of imidazole rings is 1. The van der Waals surface area contributed by atoms with E-state index in [0.29, 0.717) is 29.0 Å². The molecule has 1 aliphatic carbocycles. The Morgan fingerprint density at radius 3 is 2.76 bits per heavy atom. The minimum absolute atomic E-state index is 0.262. The summed E-state index contributed by atoms with van der Waals surface area (Å²) >= 11 is 1.57. The molecule has 5 rings (SSSR count). The lowest BCUT2D eigenvalue weighted by atomic mass is 9.95. The second-order valence-corrected chi connectivity index (χ2v) is 9.76. The van der Waals surface area contributed by atoms with Crippen LogP contribution in [0.4, 0.5) is 11.5 Å². The van der Waals surface area contributed by atoms with Gasteiger partial charge in [-0.25, -0.2) is 9.50 Å². The number of benzene rings is 1. The summed E-state index contributed by atoms with van der Waals surface area (Å²) in [5, 5.41) is 21.5. The van der Waals surface area contributed by atoms with Crippen molar-refractivity contribution in [1.29, 1.82) is 0 Å². The molecule has 33 heavy (non-hydrogen) atoms. The van der Waals surface area contributed by atoms with Crippen LogP contribution in [0.3, 0.4) is 0 Å². The molecule has 1 fully saturated rings. The highest BCUT2D eigenvalue weighted by molar-refractivity contribution is 7.14. The molecule has 4 aromatic rings. The molecular weight excluding hydrogens is 434 g/mol. The van der Waals surface area contributed by atoms with Crippen LogP contribution in [0.2, 0.25) is 0 Å². The van der Waals surface area contributed by atoms with Gasteiger partial charge in [-0.05, 0) is 37.1 Å². The molecule has 1 saturated carbocycles. The highest BCUT2D eigenvalue weighted by Crippen LogP contribution is 2.29. The first-order valence-electron chi connectivity index (χ1n) is 11.4. The molecule has 1 amide bonds. The topological polar surface area (TPSA) is 97.1 Å². The summed E-state index contributed by atoms with van der Waals surface area (Å²) < 4.78 is 1.60. The van der Waals surface area contributed by atoms with E-state index in [1.807, 2.05) is 36.4 Å². The summed E-state index contributed by atoms with van der Waals surface area (Å²) in [7, 11) is 0. The number of rotatable bonds is 6. The van der Waals surface area contributed by atoms with Gasteiger partial charge in [0.05, 0.1) is 6.20 Å². The lowest BCUT2D eigenvalue weighted by molar-refractivity contribution is 0.102. The third-order valence-corrected chi connectivity index (χ3v) is 7.13. The van der Waals surface area contributed by atoms with Gasteiger partial charge in [-0.15, -0.1) is 15.3 Å². The maximum atomic E-state index is 13.1. The Kier molecular flexibility index (Phi) is 6.04. The molecule has 3 heterocycles. The summed E-state index contributed by atoms with van der Waals surface area (Å²) in [6.45, 7) is 4.20. The number of nitrogens with one attached hydrogen (secondary N) is 2. The minimum Gasteiger partial charge on any atom is -0.366 e. The van der Waals surface area contributed by atoms with Gasteiger partial charge in [0.1, 0.15) is 15.8 Å². The van der Waals surface area contributed by atoms with Gasteiger partial charge in [0.2, 0.25) is 0 Å². The summed E-state index contributed by atoms with van der Waals surface area (Å²) in [4.78, 5) is 17.4. The van der Waals surface area contributed by atoms with Gasteiger partial charge < -0.3 is 10.6 Å². The molecule has 0 atom stereocenters. The monoisotopic (exact) mass is 461 g/mol. The zero-order valence-corrected chi connectivity index (χ0v) is 19.6. The quantitative estimate of drug-likeness (QED) is 0.401. The molecule has 8 nitrogen and oxygen atoms in total. The van der Waals surface area contributed by atoms with Crippen molar-refractivity contribution in [3.63, 3.8) is 0 Å². The van der Waals surface area contributed by atoms with Crippen LogP contribution in [-0.2, 0) is 0 Å². The predicted molar refractivity (Wildman–Crippen MR) is 131 cm³/mol. The number of aromatic nitrogens is 5. The van der Waals surface area contributed by atoms with Crippen molar-refractivity contribution in [1.82, 2.24) is 24.8 Å². The number of carbonyl (C=O) groups excluding carboxylic acids is 1. The molecule has 0 radical (unpaired) electrons. The van der Waals surface area contributed by atoms with Crippen LogP contribution in [0.25, 0.3) is 16.2 Å². The van der Waals surface area contributed by atoms with E-state index in [1.54, 1.807) is 22.0 Å². The Hall–Kier alpha value is -3.33. The van der Waals surface area contributed by atoms with Crippen molar-refractivity contribution >= 4 is 34.4 Å². The molecule has 0 unspecified atom stereocenters. The predicted octanol–water partition coefficient (Wildman–Crippen LogP) is 5.37. The maximum Gasteiger partial charge on any atom is 0.276 e. The van der Waals surface area contributed by atoms with E-state index in [4.69, 9.17) is 0 Å². The number of anilines is 2. The van der Waals surface area contributed by atoms with Crippen LogP contribution >= 0.6 is 11.3 Å². The number of hydrogen-bond donors (Lipinski definition) is 2. The number of hydrogen-bond acceptors (Lipinski definition) is 7. The van der Waals surface area contributed by atoms with Crippen molar-refractivity contribution in [2.45, 2.75) is 57.9 Å². The van der Waals surface area contributed by atoms with Gasteiger partial charge in [0, 0.05) is 23.2 Å². The van der Waals surface area contributed by atoms with Crippen LogP contribution in [0, 0.1) is 0 Å². The largest absolute Gasteiger partial charge is 0.366 e. The molecule has 9 heteroatoms. The van der Waals surface area contributed by atoms with Crippen LogP contribution in [0.15, 0.2) is 42.6 Å². The van der Waals surface area contributed by atoms with E-state index in [9.17, 15) is 4.79 Å². The summed E-state index contributed by atoms with van der Waals surface area (Å²) in [6.07, 6.45) is 7.66. The Labute approximate surface area is 196 Å². The highest BCUT2D eigenvalue weighted by atomic mass is 32.1. The second-order valence-electron chi connectivity index (χ2n) is 8.75. The minimum atomic E-state index is -0.262. The van der Waals surface area contributed by atoms with Gasteiger partial charge in [-0.3, -0.25) is 4.79 Å². The SMILES string of the molecule is CC(C)c1nnc(-c2cccc(NC(=O)c3cnc4ccc(NC5CCCCC5)nn34)c2)s1. The number of amides is 1. The van der Waals surface area contributed by atoms with E-state index in [-0.39, 0.29) is 5.91 Å². The average Bonchev–Trinajstić information content (AvgIpc) is 3.48. The van der Waals surface area contributed by atoms with E-state index >= 15 is 0 Å². The Morgan fingerprint density at radius 1 is 1.12 bits per heavy atom. The van der Waals surface area contributed by atoms with Crippen LogP contribution in [-0.4, -0.2) is 36.7 Å². The molecule has 3 aromatic heterocycles. The van der Waals surface area contributed by atoms with Crippen molar-refractivity contribution in [2.75, 3.05) is 10.6 Å². The molecule has 0 saturated heterocycles.